The van der Waals surface area contributed by atoms with Crippen molar-refractivity contribution >= 4 is 56.8 Å². The summed E-state index contributed by atoms with van der Waals surface area (Å²) in [7, 11) is -3.48. The molecule has 3 aromatic rings. The van der Waals surface area contributed by atoms with E-state index in [4.69, 9.17) is 0 Å². The molecule has 1 nitrogen and oxygen atoms in total. The predicted molar refractivity (Wildman–Crippen MR) is 188 cm³/mol. The van der Waals surface area contributed by atoms with Crippen LogP contribution in [0, 0.1) is 0 Å². The second kappa shape index (κ2) is 13.2. The first kappa shape index (κ1) is 32.3. The van der Waals surface area contributed by atoms with Gasteiger partial charge in [0.05, 0.1) is 16.1 Å². The van der Waals surface area contributed by atoms with E-state index >= 15 is 0 Å². The van der Waals surface area contributed by atoms with E-state index in [-0.39, 0.29) is 0 Å². The summed E-state index contributed by atoms with van der Waals surface area (Å²) in [5.74, 6) is 1.10. The quantitative estimate of drug-likeness (QED) is 0.105. The van der Waals surface area contributed by atoms with Gasteiger partial charge in [-0.1, -0.05) is 145 Å². The molecule has 0 aromatic heterocycles. The van der Waals surface area contributed by atoms with E-state index in [9.17, 15) is 0 Å². The minimum absolute atomic E-state index is 0.348. The number of rotatable bonds is 11. The summed E-state index contributed by atoms with van der Waals surface area (Å²) in [6, 6.07) is 30.4. The molecule has 3 rings (SSSR count). The molecule has 0 atom stereocenters. The van der Waals surface area contributed by atoms with Crippen molar-refractivity contribution in [2.45, 2.75) is 82.7 Å². The lowest BCUT2D eigenvalue weighted by atomic mass is 10.2. The van der Waals surface area contributed by atoms with Gasteiger partial charge in [-0.05, 0) is 53.4 Å². The molecule has 39 heavy (non-hydrogen) atoms. The Morgan fingerprint density at radius 2 is 1.05 bits per heavy atom. The number of benzene rings is 3. The van der Waals surface area contributed by atoms with Crippen LogP contribution in [0.1, 0.15) is 41.5 Å². The summed E-state index contributed by atoms with van der Waals surface area (Å²) in [4.78, 5) is 1.35. The van der Waals surface area contributed by atoms with Crippen LogP contribution in [0.2, 0.25) is 36.3 Å². The van der Waals surface area contributed by atoms with Crippen molar-refractivity contribution in [3.05, 3.63) is 78.9 Å². The summed E-state index contributed by atoms with van der Waals surface area (Å²) in [6.45, 7) is 26.6. The van der Waals surface area contributed by atoms with Gasteiger partial charge in [0.1, 0.15) is 0 Å². The highest BCUT2D eigenvalue weighted by Crippen LogP contribution is 2.38. The lowest BCUT2D eigenvalue weighted by Gasteiger charge is -2.38. The number of hydrogen-bond acceptors (Lipinski definition) is 2. The first-order valence-corrected chi connectivity index (χ1v) is 23.0. The number of thioether (sulfide) groups is 1. The van der Waals surface area contributed by atoms with Crippen molar-refractivity contribution in [2.75, 3.05) is 25.0 Å². The van der Waals surface area contributed by atoms with Crippen molar-refractivity contribution in [1.29, 1.82) is 0 Å². The van der Waals surface area contributed by atoms with Crippen molar-refractivity contribution < 1.29 is 0 Å². The van der Waals surface area contributed by atoms with E-state index < -0.39 is 24.1 Å². The summed E-state index contributed by atoms with van der Waals surface area (Å²) < 4.78 is 0. The van der Waals surface area contributed by atoms with Crippen LogP contribution in [0.3, 0.4) is 0 Å². The molecule has 0 fully saturated rings. The molecule has 0 heterocycles. The molecule has 1 N–H and O–H groups in total. The molecule has 0 spiro atoms. The fourth-order valence-corrected chi connectivity index (χ4v) is 11.2. The number of nitrogens with one attached hydrogen (secondary N) is 1. The zero-order valence-corrected chi connectivity index (χ0v) is 29.9. The summed E-state index contributed by atoms with van der Waals surface area (Å²) in [5.41, 5.74) is 0. The smallest absolute Gasteiger partial charge is 0.0859 e. The second-order valence-corrected chi connectivity index (χ2v) is 28.1. The molecule has 0 aliphatic heterocycles. The molecular weight excluding hydrogens is 542 g/mol. The second-order valence-electron chi connectivity index (χ2n) is 13.9. The average Bonchev–Trinajstić information content (AvgIpc) is 2.88. The zero-order chi connectivity index (χ0) is 28.9. The van der Waals surface area contributed by atoms with Crippen LogP contribution in [-0.2, 0) is 0 Å². The lowest BCUT2D eigenvalue weighted by Crippen LogP contribution is -2.49. The van der Waals surface area contributed by atoms with Gasteiger partial charge < -0.3 is 5.32 Å². The summed E-state index contributed by atoms with van der Waals surface area (Å²) >= 11 is 1.93. The Hall–Kier alpha value is -1.17. The highest BCUT2D eigenvalue weighted by Gasteiger charge is 2.37. The standard InChI is InChI=1S/C34H52NPSSi2/c1-33(2,3)38(7,8)31-20-16-28(17-21-31)36(26-24-35-25-27-37-30-14-12-11-13-15-30)29-18-22-32(23-19-29)39(9,10)34(4,5)6/h11-23,35H,24-27H2,1-10H3. The molecule has 0 aliphatic carbocycles. The fraction of sp³-hybridized carbons (Fsp3) is 0.471. The Kier molecular flexibility index (Phi) is 11.0. The normalized spacial score (nSPS) is 13.2. The molecular formula is C34H52NPSSi2. The van der Waals surface area contributed by atoms with E-state index in [2.05, 4.69) is 152 Å². The Labute approximate surface area is 247 Å². The van der Waals surface area contributed by atoms with Crippen LogP contribution in [-0.4, -0.2) is 41.2 Å². The Bertz CT molecular complexity index is 1090. The van der Waals surface area contributed by atoms with Crippen LogP contribution in [0.4, 0.5) is 0 Å². The van der Waals surface area contributed by atoms with Crippen LogP contribution in [0.15, 0.2) is 83.8 Å². The van der Waals surface area contributed by atoms with E-state index in [1.54, 1.807) is 10.4 Å². The van der Waals surface area contributed by atoms with Crippen LogP contribution in [0.5, 0.6) is 0 Å². The van der Waals surface area contributed by atoms with Gasteiger partial charge in [-0.2, -0.15) is 0 Å². The van der Waals surface area contributed by atoms with Crippen LogP contribution in [0.25, 0.3) is 0 Å². The first-order valence-electron chi connectivity index (χ1n) is 14.5. The Morgan fingerprint density at radius 3 is 1.46 bits per heavy atom. The zero-order valence-electron chi connectivity index (χ0n) is 26.2. The van der Waals surface area contributed by atoms with Gasteiger partial charge in [0, 0.05) is 17.2 Å². The highest BCUT2D eigenvalue weighted by atomic mass is 32.2. The molecule has 0 bridgehead atoms. The van der Waals surface area contributed by atoms with Gasteiger partial charge in [-0.15, -0.1) is 11.8 Å². The molecule has 0 radical (unpaired) electrons. The fourth-order valence-electron chi connectivity index (χ4n) is 4.46. The maximum atomic E-state index is 3.75. The van der Waals surface area contributed by atoms with Crippen LogP contribution >= 0.6 is 19.7 Å². The van der Waals surface area contributed by atoms with Crippen LogP contribution < -0.4 is 26.3 Å². The third-order valence-electron chi connectivity index (χ3n) is 9.35. The summed E-state index contributed by atoms with van der Waals surface area (Å²) in [5, 5.41) is 10.6. The van der Waals surface area contributed by atoms with Gasteiger partial charge >= 0.3 is 0 Å². The molecule has 0 aliphatic rings. The summed E-state index contributed by atoms with van der Waals surface area (Å²) in [6.07, 6.45) is 1.17. The molecule has 0 amide bonds. The van der Waals surface area contributed by atoms with E-state index in [0.29, 0.717) is 10.1 Å². The minimum Gasteiger partial charge on any atom is -0.316 e. The van der Waals surface area contributed by atoms with E-state index in [1.807, 2.05) is 11.8 Å². The molecule has 3 aromatic carbocycles. The average molecular weight is 594 g/mol. The minimum atomic E-state index is -1.54. The molecule has 5 heteroatoms. The molecule has 212 valence electrons. The Balaban J connectivity index is 1.77. The first-order chi connectivity index (χ1) is 18.1. The third kappa shape index (κ3) is 8.20. The van der Waals surface area contributed by atoms with Gasteiger partial charge in [0.25, 0.3) is 0 Å². The maximum Gasteiger partial charge on any atom is 0.0859 e. The van der Waals surface area contributed by atoms with Crippen molar-refractivity contribution in [3.8, 4) is 0 Å². The largest absolute Gasteiger partial charge is 0.316 e. The van der Waals surface area contributed by atoms with Crippen molar-refractivity contribution in [2.24, 2.45) is 0 Å². The Morgan fingerprint density at radius 1 is 0.615 bits per heavy atom. The monoisotopic (exact) mass is 593 g/mol. The number of hydrogen-bond donors (Lipinski definition) is 1. The lowest BCUT2D eigenvalue weighted by molar-refractivity contribution is 0.729. The molecule has 0 unspecified atom stereocenters. The van der Waals surface area contributed by atoms with Gasteiger partial charge in [-0.25, -0.2) is 0 Å². The highest BCUT2D eigenvalue weighted by molar-refractivity contribution is 7.99. The maximum absolute atomic E-state index is 3.75. The molecule has 0 saturated carbocycles. The van der Waals surface area contributed by atoms with Gasteiger partial charge in [0.2, 0.25) is 0 Å². The molecule has 0 saturated heterocycles. The predicted octanol–water partition coefficient (Wildman–Crippen LogP) is 7.93. The SMILES string of the molecule is CC(C)(C)[Si](C)(C)c1ccc(P(CCNCCSc2ccccc2)c2ccc([Si](C)(C)C(C)(C)C)cc2)cc1. The van der Waals surface area contributed by atoms with Crippen molar-refractivity contribution in [3.63, 3.8) is 0 Å². The third-order valence-corrected chi connectivity index (χ3v) is 23.9. The van der Waals surface area contributed by atoms with Gasteiger partial charge in [-0.3, -0.25) is 0 Å². The van der Waals surface area contributed by atoms with E-state index in [1.165, 1.54) is 21.7 Å². The van der Waals surface area contributed by atoms with E-state index in [0.717, 1.165) is 18.8 Å². The van der Waals surface area contributed by atoms with Gasteiger partial charge in [0.15, 0.2) is 0 Å². The topological polar surface area (TPSA) is 12.0 Å². The van der Waals surface area contributed by atoms with Crippen molar-refractivity contribution in [1.82, 2.24) is 5.32 Å².